The van der Waals surface area contributed by atoms with E-state index < -0.39 is 0 Å². The van der Waals surface area contributed by atoms with Gasteiger partial charge in [0.1, 0.15) is 11.5 Å². The Hall–Kier alpha value is -2.15. The number of nitrogens with zero attached hydrogens (tertiary/aromatic N) is 5. The first-order valence-corrected chi connectivity index (χ1v) is 9.27. The number of piperidine rings is 1. The molecule has 2 aromatic rings. The zero-order valence-corrected chi connectivity index (χ0v) is 14.8. The van der Waals surface area contributed by atoms with Crippen molar-refractivity contribution in [2.24, 2.45) is 0 Å². The second kappa shape index (κ2) is 7.00. The highest BCUT2D eigenvalue weighted by Crippen LogP contribution is 2.22. The molecule has 0 spiro atoms. The van der Waals surface area contributed by atoms with Crippen LogP contribution in [-0.2, 0) is 6.54 Å². The lowest BCUT2D eigenvalue weighted by Gasteiger charge is -2.25. The van der Waals surface area contributed by atoms with Gasteiger partial charge < -0.3 is 14.8 Å². The van der Waals surface area contributed by atoms with Gasteiger partial charge in [-0.2, -0.15) is 5.10 Å². The third kappa shape index (κ3) is 3.33. The molecule has 0 aromatic carbocycles. The standard InChI is InChI=1S/C18H26N6O/c1-14-20-8-11-22(14)13-16-5-3-9-23(16)18(25)17-6-10-24(21-17)15-4-2-7-19-12-15/h6,8,10-11,15-16,19H,2-5,7,9,12-13H2,1H3. The smallest absolute Gasteiger partial charge is 0.274 e. The summed E-state index contributed by atoms with van der Waals surface area (Å²) in [6, 6.07) is 2.45. The first kappa shape index (κ1) is 16.3. The van der Waals surface area contributed by atoms with Gasteiger partial charge in [-0.25, -0.2) is 4.98 Å². The molecule has 2 saturated heterocycles. The van der Waals surface area contributed by atoms with E-state index in [1.165, 1.54) is 0 Å². The van der Waals surface area contributed by atoms with Gasteiger partial charge in [-0.05, 0) is 45.2 Å². The Morgan fingerprint density at radius 2 is 2.24 bits per heavy atom. The molecule has 2 aliphatic rings. The van der Waals surface area contributed by atoms with E-state index in [1.807, 2.05) is 41.2 Å². The summed E-state index contributed by atoms with van der Waals surface area (Å²) in [7, 11) is 0. The number of hydrogen-bond donors (Lipinski definition) is 1. The van der Waals surface area contributed by atoms with Gasteiger partial charge in [-0.3, -0.25) is 9.48 Å². The average Bonchev–Trinajstić information content (AvgIpc) is 3.37. The minimum absolute atomic E-state index is 0.0581. The fourth-order valence-electron chi connectivity index (χ4n) is 3.98. The van der Waals surface area contributed by atoms with E-state index in [2.05, 4.69) is 20.0 Å². The van der Waals surface area contributed by atoms with Gasteiger partial charge in [0.15, 0.2) is 0 Å². The van der Waals surface area contributed by atoms with Gasteiger partial charge >= 0.3 is 0 Å². The van der Waals surface area contributed by atoms with Gasteiger partial charge in [0.25, 0.3) is 5.91 Å². The van der Waals surface area contributed by atoms with Gasteiger partial charge in [0.2, 0.25) is 0 Å². The number of amides is 1. The summed E-state index contributed by atoms with van der Waals surface area (Å²) in [4.78, 5) is 19.2. The molecule has 1 amide bonds. The Morgan fingerprint density at radius 3 is 3.00 bits per heavy atom. The van der Waals surface area contributed by atoms with Gasteiger partial charge in [-0.1, -0.05) is 0 Å². The number of carbonyl (C=O) groups excluding carboxylic acids is 1. The van der Waals surface area contributed by atoms with Gasteiger partial charge in [-0.15, -0.1) is 0 Å². The maximum Gasteiger partial charge on any atom is 0.274 e. The topological polar surface area (TPSA) is 68.0 Å². The van der Waals surface area contributed by atoms with Crippen molar-refractivity contribution in [3.63, 3.8) is 0 Å². The molecular formula is C18H26N6O. The van der Waals surface area contributed by atoms with Crippen molar-refractivity contribution >= 4 is 5.91 Å². The van der Waals surface area contributed by atoms with Crippen molar-refractivity contribution in [1.82, 2.24) is 29.5 Å². The van der Waals surface area contributed by atoms with Crippen LogP contribution in [0.3, 0.4) is 0 Å². The van der Waals surface area contributed by atoms with Crippen LogP contribution in [0.2, 0.25) is 0 Å². The number of aromatic nitrogens is 4. The largest absolute Gasteiger partial charge is 0.333 e. The molecule has 2 atom stereocenters. The van der Waals surface area contributed by atoms with Crippen molar-refractivity contribution in [1.29, 1.82) is 0 Å². The number of aryl methyl sites for hydroxylation is 1. The molecule has 2 fully saturated rings. The van der Waals surface area contributed by atoms with Crippen LogP contribution in [-0.4, -0.2) is 55.8 Å². The zero-order chi connectivity index (χ0) is 17.2. The van der Waals surface area contributed by atoms with Crippen molar-refractivity contribution in [3.05, 3.63) is 36.2 Å². The first-order chi connectivity index (χ1) is 12.2. The Labute approximate surface area is 148 Å². The molecule has 7 heteroatoms. The van der Waals surface area contributed by atoms with Crippen molar-refractivity contribution < 1.29 is 4.79 Å². The quantitative estimate of drug-likeness (QED) is 0.917. The number of rotatable bonds is 4. The van der Waals surface area contributed by atoms with Crippen LogP contribution in [0.5, 0.6) is 0 Å². The highest BCUT2D eigenvalue weighted by atomic mass is 16.2. The molecule has 4 heterocycles. The van der Waals surface area contributed by atoms with E-state index in [1.54, 1.807) is 0 Å². The molecule has 0 bridgehead atoms. The van der Waals surface area contributed by atoms with Crippen molar-refractivity contribution in [2.45, 2.75) is 51.2 Å². The van der Waals surface area contributed by atoms with E-state index >= 15 is 0 Å². The Balaban J connectivity index is 1.46. The molecule has 2 aromatic heterocycles. The first-order valence-electron chi connectivity index (χ1n) is 9.27. The Kier molecular flexibility index (Phi) is 4.57. The third-order valence-electron chi connectivity index (χ3n) is 5.44. The van der Waals surface area contributed by atoms with Crippen molar-refractivity contribution in [2.75, 3.05) is 19.6 Å². The van der Waals surface area contributed by atoms with Crippen LogP contribution in [0.1, 0.15) is 48.0 Å². The fraction of sp³-hybridized carbons (Fsp3) is 0.611. The number of carbonyl (C=O) groups is 1. The SMILES string of the molecule is Cc1nccn1CC1CCCN1C(=O)c1ccn(C2CCCNC2)n1. The highest BCUT2D eigenvalue weighted by Gasteiger charge is 2.31. The zero-order valence-electron chi connectivity index (χ0n) is 14.8. The van der Waals surface area contributed by atoms with Crippen LogP contribution in [0.15, 0.2) is 24.7 Å². The van der Waals surface area contributed by atoms with Crippen LogP contribution >= 0.6 is 0 Å². The summed E-state index contributed by atoms with van der Waals surface area (Å²) < 4.78 is 4.09. The number of hydrogen-bond acceptors (Lipinski definition) is 4. The van der Waals surface area contributed by atoms with E-state index in [-0.39, 0.29) is 11.9 Å². The maximum atomic E-state index is 13.0. The monoisotopic (exact) mass is 342 g/mol. The predicted octanol–water partition coefficient (Wildman–Crippen LogP) is 1.62. The van der Waals surface area contributed by atoms with E-state index in [0.717, 1.165) is 57.7 Å². The molecule has 7 nitrogen and oxygen atoms in total. The van der Waals surface area contributed by atoms with Crippen molar-refractivity contribution in [3.8, 4) is 0 Å². The molecule has 0 aliphatic carbocycles. The summed E-state index contributed by atoms with van der Waals surface area (Å²) in [5.74, 6) is 1.05. The van der Waals surface area contributed by atoms with Crippen LogP contribution in [0, 0.1) is 6.92 Å². The van der Waals surface area contributed by atoms with Crippen LogP contribution < -0.4 is 5.32 Å². The average molecular weight is 342 g/mol. The summed E-state index contributed by atoms with van der Waals surface area (Å²) >= 11 is 0. The summed E-state index contributed by atoms with van der Waals surface area (Å²) in [5.41, 5.74) is 0.569. The molecule has 25 heavy (non-hydrogen) atoms. The second-order valence-electron chi connectivity index (χ2n) is 7.10. The second-order valence-corrected chi connectivity index (χ2v) is 7.10. The summed E-state index contributed by atoms with van der Waals surface area (Å²) in [6.07, 6.45) is 10.1. The Morgan fingerprint density at radius 1 is 1.32 bits per heavy atom. The van der Waals surface area contributed by atoms with E-state index in [9.17, 15) is 4.79 Å². The number of nitrogens with one attached hydrogen (secondary N) is 1. The fourth-order valence-corrected chi connectivity index (χ4v) is 3.98. The lowest BCUT2D eigenvalue weighted by Crippen LogP contribution is -2.38. The molecular weight excluding hydrogens is 316 g/mol. The van der Waals surface area contributed by atoms with Crippen LogP contribution in [0.4, 0.5) is 0 Å². The Bertz CT molecular complexity index is 730. The normalized spacial score (nSPS) is 24.0. The maximum absolute atomic E-state index is 13.0. The predicted molar refractivity (Wildman–Crippen MR) is 94.4 cm³/mol. The minimum Gasteiger partial charge on any atom is -0.333 e. The van der Waals surface area contributed by atoms with Gasteiger partial charge in [0, 0.05) is 38.2 Å². The lowest BCUT2D eigenvalue weighted by molar-refractivity contribution is 0.0716. The number of imidazole rings is 1. The minimum atomic E-state index is 0.0581. The molecule has 4 rings (SSSR count). The lowest BCUT2D eigenvalue weighted by atomic mass is 10.1. The van der Waals surface area contributed by atoms with Gasteiger partial charge in [0.05, 0.1) is 12.1 Å². The summed E-state index contributed by atoms with van der Waals surface area (Å²) in [6.45, 7) is 5.63. The van der Waals surface area contributed by atoms with E-state index in [0.29, 0.717) is 11.7 Å². The highest BCUT2D eigenvalue weighted by molar-refractivity contribution is 5.92. The number of likely N-dealkylation sites (tertiary alicyclic amines) is 1. The molecule has 1 N–H and O–H groups in total. The molecule has 0 saturated carbocycles. The summed E-state index contributed by atoms with van der Waals surface area (Å²) in [5, 5.41) is 7.99. The molecule has 134 valence electrons. The molecule has 2 unspecified atom stereocenters. The third-order valence-corrected chi connectivity index (χ3v) is 5.44. The molecule has 2 aliphatic heterocycles. The van der Waals surface area contributed by atoms with Crippen LogP contribution in [0.25, 0.3) is 0 Å². The van der Waals surface area contributed by atoms with E-state index in [4.69, 9.17) is 0 Å². The molecule has 0 radical (unpaired) electrons.